The van der Waals surface area contributed by atoms with Crippen molar-refractivity contribution < 1.29 is 19.1 Å². The second-order valence-electron chi connectivity index (χ2n) is 4.00. The molecule has 0 aromatic carbocycles. The predicted octanol–water partition coefficient (Wildman–Crippen LogP) is 1.61. The largest absolute Gasteiger partial charge is 0.481 e. The Hall–Kier alpha value is -1.04. The smallest absolute Gasteiger partial charge is 0.305 e. The van der Waals surface area contributed by atoms with Crippen LogP contribution in [-0.2, 0) is 16.1 Å². The van der Waals surface area contributed by atoms with Gasteiger partial charge in [0.1, 0.15) is 5.76 Å². The van der Waals surface area contributed by atoms with Crippen molar-refractivity contribution in [3.63, 3.8) is 0 Å². The lowest BCUT2D eigenvalue weighted by Crippen LogP contribution is -2.45. The lowest BCUT2D eigenvalue weighted by Gasteiger charge is -2.34. The van der Waals surface area contributed by atoms with E-state index in [1.165, 1.54) is 0 Å². The fourth-order valence-electron chi connectivity index (χ4n) is 1.92. The summed E-state index contributed by atoms with van der Waals surface area (Å²) in [6.45, 7) is 2.33. The minimum atomic E-state index is -0.817. The number of carboxylic acid groups (broad SMARTS) is 1. The van der Waals surface area contributed by atoms with E-state index in [-0.39, 0.29) is 12.5 Å². The molecule has 0 unspecified atom stereocenters. The molecule has 0 aliphatic carbocycles. The molecule has 1 saturated heterocycles. The van der Waals surface area contributed by atoms with Crippen LogP contribution in [0.3, 0.4) is 0 Å². The summed E-state index contributed by atoms with van der Waals surface area (Å²) < 4.78 is 10.6. The van der Waals surface area contributed by atoms with Crippen LogP contribution in [0.15, 0.2) is 16.5 Å². The molecule has 1 N–H and O–H groups in total. The molecular weight excluding hydrogens is 246 g/mol. The van der Waals surface area contributed by atoms with Gasteiger partial charge in [0.15, 0.2) is 5.22 Å². The monoisotopic (exact) mass is 259 g/mol. The normalized spacial score (nSPS) is 21.6. The molecule has 1 aromatic heterocycles. The minimum Gasteiger partial charge on any atom is -0.481 e. The molecule has 94 valence electrons. The quantitative estimate of drug-likeness (QED) is 0.890. The molecule has 1 aromatic rings. The van der Waals surface area contributed by atoms with Gasteiger partial charge in [-0.15, -0.1) is 0 Å². The highest BCUT2D eigenvalue weighted by Crippen LogP contribution is 2.18. The van der Waals surface area contributed by atoms with Crippen LogP contribution in [0, 0.1) is 0 Å². The second kappa shape index (κ2) is 5.53. The third-order valence-electron chi connectivity index (χ3n) is 2.75. The Labute approximate surface area is 104 Å². The molecule has 2 rings (SSSR count). The zero-order valence-electron chi connectivity index (χ0n) is 9.26. The first-order valence-electron chi connectivity index (χ1n) is 5.43. The Morgan fingerprint density at radius 3 is 3.06 bits per heavy atom. The van der Waals surface area contributed by atoms with Gasteiger partial charge in [-0.2, -0.15) is 0 Å². The Balaban J connectivity index is 1.98. The van der Waals surface area contributed by atoms with Crippen LogP contribution >= 0.6 is 11.6 Å². The van der Waals surface area contributed by atoms with Gasteiger partial charge in [-0.25, -0.2) is 0 Å². The van der Waals surface area contributed by atoms with Crippen LogP contribution in [0.1, 0.15) is 12.2 Å². The van der Waals surface area contributed by atoms with Gasteiger partial charge in [0.05, 0.1) is 26.2 Å². The van der Waals surface area contributed by atoms with Crippen LogP contribution in [0.25, 0.3) is 0 Å². The number of halogens is 1. The van der Waals surface area contributed by atoms with Gasteiger partial charge in [0.2, 0.25) is 0 Å². The molecule has 17 heavy (non-hydrogen) atoms. The summed E-state index contributed by atoms with van der Waals surface area (Å²) >= 11 is 5.69. The number of nitrogens with zero attached hydrogens (tertiary/aromatic N) is 1. The molecule has 0 saturated carbocycles. The van der Waals surface area contributed by atoms with E-state index in [0.29, 0.717) is 31.5 Å². The maximum absolute atomic E-state index is 10.7. The Morgan fingerprint density at radius 1 is 1.59 bits per heavy atom. The van der Waals surface area contributed by atoms with Crippen LogP contribution < -0.4 is 0 Å². The Kier molecular flexibility index (Phi) is 4.04. The fraction of sp³-hybridized carbons (Fsp3) is 0.545. The van der Waals surface area contributed by atoms with Crippen molar-refractivity contribution in [2.75, 3.05) is 19.8 Å². The van der Waals surface area contributed by atoms with E-state index in [1.54, 1.807) is 12.1 Å². The van der Waals surface area contributed by atoms with E-state index < -0.39 is 5.97 Å². The lowest BCUT2D eigenvalue weighted by molar-refractivity contribution is -0.140. The van der Waals surface area contributed by atoms with E-state index in [9.17, 15) is 4.79 Å². The third-order valence-corrected chi connectivity index (χ3v) is 2.95. The number of rotatable bonds is 4. The average Bonchev–Trinajstić information content (AvgIpc) is 2.66. The topological polar surface area (TPSA) is 62.9 Å². The molecule has 6 heteroatoms. The number of furan rings is 1. The van der Waals surface area contributed by atoms with Crippen LogP contribution in [0.2, 0.25) is 5.22 Å². The minimum absolute atomic E-state index is 0.0778. The fourth-order valence-corrected chi connectivity index (χ4v) is 2.09. The van der Waals surface area contributed by atoms with Gasteiger partial charge >= 0.3 is 5.97 Å². The first kappa shape index (κ1) is 12.4. The van der Waals surface area contributed by atoms with E-state index in [4.69, 9.17) is 25.9 Å². The zero-order chi connectivity index (χ0) is 12.3. The number of morpholine rings is 1. The SMILES string of the molecule is O=C(O)C[C@@H]1COCCN1Cc1ccc(Cl)o1. The predicted molar refractivity (Wildman–Crippen MR) is 61.0 cm³/mol. The zero-order valence-corrected chi connectivity index (χ0v) is 10.0. The molecule has 1 fully saturated rings. The van der Waals surface area contributed by atoms with Crippen LogP contribution in [0.4, 0.5) is 0 Å². The maximum atomic E-state index is 10.7. The van der Waals surface area contributed by atoms with Crippen LogP contribution in [-0.4, -0.2) is 41.8 Å². The number of carbonyl (C=O) groups is 1. The summed E-state index contributed by atoms with van der Waals surface area (Å²) in [5.74, 6) is -0.0738. The molecule has 1 atom stereocenters. The van der Waals surface area contributed by atoms with Gasteiger partial charge in [-0.3, -0.25) is 9.69 Å². The number of carboxylic acids is 1. The van der Waals surface area contributed by atoms with Crippen molar-refractivity contribution in [1.29, 1.82) is 0 Å². The number of hydrogen-bond acceptors (Lipinski definition) is 4. The second-order valence-corrected chi connectivity index (χ2v) is 4.38. The van der Waals surface area contributed by atoms with E-state index >= 15 is 0 Å². The van der Waals surface area contributed by atoms with E-state index in [2.05, 4.69) is 0 Å². The average molecular weight is 260 g/mol. The van der Waals surface area contributed by atoms with Gasteiger partial charge in [0.25, 0.3) is 0 Å². The van der Waals surface area contributed by atoms with Gasteiger partial charge in [-0.1, -0.05) is 0 Å². The lowest BCUT2D eigenvalue weighted by atomic mass is 10.1. The van der Waals surface area contributed by atoms with Crippen molar-refractivity contribution in [2.24, 2.45) is 0 Å². The summed E-state index contributed by atoms with van der Waals surface area (Å²) in [6.07, 6.45) is 0.0778. The van der Waals surface area contributed by atoms with E-state index in [1.807, 2.05) is 4.90 Å². The maximum Gasteiger partial charge on any atom is 0.305 e. The summed E-state index contributed by atoms with van der Waals surface area (Å²) in [4.78, 5) is 12.8. The van der Waals surface area contributed by atoms with Crippen molar-refractivity contribution in [1.82, 2.24) is 4.90 Å². The first-order valence-corrected chi connectivity index (χ1v) is 5.81. The molecule has 0 spiro atoms. The molecule has 0 bridgehead atoms. The summed E-state index contributed by atoms with van der Waals surface area (Å²) in [5.41, 5.74) is 0. The summed E-state index contributed by atoms with van der Waals surface area (Å²) in [7, 11) is 0. The molecule has 0 radical (unpaired) electrons. The van der Waals surface area contributed by atoms with Crippen molar-refractivity contribution in [2.45, 2.75) is 19.0 Å². The van der Waals surface area contributed by atoms with Gasteiger partial charge in [-0.05, 0) is 23.7 Å². The number of hydrogen-bond donors (Lipinski definition) is 1. The van der Waals surface area contributed by atoms with Crippen molar-refractivity contribution >= 4 is 17.6 Å². The Morgan fingerprint density at radius 2 is 2.41 bits per heavy atom. The summed E-state index contributed by atoms with van der Waals surface area (Å²) in [5, 5.41) is 9.18. The molecule has 2 heterocycles. The molecule has 0 amide bonds. The Bertz CT molecular complexity index is 393. The number of aliphatic carboxylic acids is 1. The van der Waals surface area contributed by atoms with Crippen molar-refractivity contribution in [3.8, 4) is 0 Å². The molecule has 5 nitrogen and oxygen atoms in total. The number of ether oxygens (including phenoxy) is 1. The van der Waals surface area contributed by atoms with Crippen molar-refractivity contribution in [3.05, 3.63) is 23.1 Å². The van der Waals surface area contributed by atoms with Gasteiger partial charge in [0, 0.05) is 12.6 Å². The van der Waals surface area contributed by atoms with Gasteiger partial charge < -0.3 is 14.3 Å². The highest BCUT2D eigenvalue weighted by atomic mass is 35.5. The first-order chi connectivity index (χ1) is 8.15. The molecule has 1 aliphatic rings. The highest BCUT2D eigenvalue weighted by Gasteiger charge is 2.25. The van der Waals surface area contributed by atoms with E-state index in [0.717, 1.165) is 5.76 Å². The molecular formula is C11H14ClNO4. The summed E-state index contributed by atoms with van der Waals surface area (Å²) in [6, 6.07) is 3.38. The third kappa shape index (κ3) is 3.46. The highest BCUT2D eigenvalue weighted by molar-refractivity contribution is 6.28. The van der Waals surface area contributed by atoms with Crippen LogP contribution in [0.5, 0.6) is 0 Å². The molecule has 1 aliphatic heterocycles. The standard InChI is InChI=1S/C11H14ClNO4/c12-10-2-1-9(17-10)6-13-3-4-16-7-8(13)5-11(14)15/h1-2,8H,3-7H2,(H,14,15)/t8-/m1/s1.